The minimum absolute atomic E-state index is 0. The Labute approximate surface area is 210 Å². The van der Waals surface area contributed by atoms with Crippen LogP contribution in [-0.2, 0) is 16.8 Å². The van der Waals surface area contributed by atoms with Crippen molar-refractivity contribution in [3.05, 3.63) is 51.5 Å². The SMILES string of the molecule is COc1ccc(Cl)c(COc2ccc3c(c2)OCC32CCN(CCCC(=O)O)CC2)c1Cl.Cl. The third-order valence-corrected chi connectivity index (χ3v) is 7.23. The van der Waals surface area contributed by atoms with Crippen LogP contribution in [0.3, 0.4) is 0 Å². The van der Waals surface area contributed by atoms with Crippen molar-refractivity contribution < 1.29 is 24.1 Å². The lowest BCUT2D eigenvalue weighted by molar-refractivity contribution is -0.137. The molecule has 9 heteroatoms. The molecule has 2 aromatic carbocycles. The Morgan fingerprint density at radius 2 is 1.97 bits per heavy atom. The molecule has 0 unspecified atom stereocenters. The molecule has 2 aromatic rings. The molecule has 0 saturated carbocycles. The zero-order valence-corrected chi connectivity index (χ0v) is 20.8. The number of aliphatic carboxylic acids is 1. The van der Waals surface area contributed by atoms with Gasteiger partial charge in [-0.1, -0.05) is 29.3 Å². The van der Waals surface area contributed by atoms with Crippen LogP contribution in [0.15, 0.2) is 30.3 Å². The van der Waals surface area contributed by atoms with Crippen molar-refractivity contribution in [2.75, 3.05) is 33.4 Å². The maximum atomic E-state index is 10.7. The number of ether oxygens (including phenoxy) is 3. The van der Waals surface area contributed by atoms with Gasteiger partial charge in [0.1, 0.15) is 23.9 Å². The first-order chi connectivity index (χ1) is 15.4. The summed E-state index contributed by atoms with van der Waals surface area (Å²) in [6.07, 6.45) is 2.92. The summed E-state index contributed by atoms with van der Waals surface area (Å²) < 4.78 is 17.3. The second-order valence-corrected chi connectivity index (χ2v) is 9.18. The summed E-state index contributed by atoms with van der Waals surface area (Å²) in [5, 5.41) is 9.81. The predicted octanol–water partition coefficient (Wildman–Crippen LogP) is 5.59. The average molecular weight is 517 g/mol. The van der Waals surface area contributed by atoms with Crippen LogP contribution in [0.2, 0.25) is 10.0 Å². The van der Waals surface area contributed by atoms with Gasteiger partial charge in [-0.25, -0.2) is 0 Å². The summed E-state index contributed by atoms with van der Waals surface area (Å²) in [6.45, 7) is 3.63. The van der Waals surface area contributed by atoms with Crippen LogP contribution in [0.1, 0.15) is 36.8 Å². The monoisotopic (exact) mass is 515 g/mol. The summed E-state index contributed by atoms with van der Waals surface area (Å²) >= 11 is 12.7. The molecule has 2 aliphatic heterocycles. The summed E-state index contributed by atoms with van der Waals surface area (Å²) in [5.41, 5.74) is 1.93. The molecular weight excluding hydrogens is 489 g/mol. The highest BCUT2D eigenvalue weighted by molar-refractivity contribution is 6.36. The molecule has 6 nitrogen and oxygen atoms in total. The van der Waals surface area contributed by atoms with E-state index in [1.54, 1.807) is 19.2 Å². The molecule has 2 heterocycles. The van der Waals surface area contributed by atoms with Crippen molar-refractivity contribution in [3.63, 3.8) is 0 Å². The first kappa shape index (κ1) is 25.8. The van der Waals surface area contributed by atoms with Gasteiger partial charge in [0, 0.05) is 34.1 Å². The van der Waals surface area contributed by atoms with E-state index in [0.29, 0.717) is 40.1 Å². The van der Waals surface area contributed by atoms with Crippen molar-refractivity contribution in [1.29, 1.82) is 0 Å². The van der Waals surface area contributed by atoms with Crippen LogP contribution in [0.4, 0.5) is 0 Å². The van der Waals surface area contributed by atoms with Crippen LogP contribution in [0.5, 0.6) is 17.2 Å². The van der Waals surface area contributed by atoms with E-state index < -0.39 is 5.97 Å². The lowest BCUT2D eigenvalue weighted by atomic mass is 9.74. The molecule has 0 atom stereocenters. The van der Waals surface area contributed by atoms with Crippen molar-refractivity contribution in [2.24, 2.45) is 0 Å². The molecule has 0 bridgehead atoms. The fraction of sp³-hybridized carbons (Fsp3) is 0.458. The minimum atomic E-state index is -0.731. The number of methoxy groups -OCH3 is 1. The summed E-state index contributed by atoms with van der Waals surface area (Å²) in [5.74, 6) is 1.39. The highest BCUT2D eigenvalue weighted by Crippen LogP contribution is 2.47. The Morgan fingerprint density at radius 1 is 1.21 bits per heavy atom. The van der Waals surface area contributed by atoms with E-state index in [2.05, 4.69) is 11.0 Å². The Hall–Kier alpha value is -1.86. The van der Waals surface area contributed by atoms with E-state index in [1.807, 2.05) is 12.1 Å². The molecule has 0 aliphatic carbocycles. The lowest BCUT2D eigenvalue weighted by Gasteiger charge is -2.38. The Balaban J connectivity index is 0.00000306. The van der Waals surface area contributed by atoms with Gasteiger partial charge in [-0.15, -0.1) is 12.4 Å². The van der Waals surface area contributed by atoms with Crippen molar-refractivity contribution in [2.45, 2.75) is 37.7 Å². The van der Waals surface area contributed by atoms with Gasteiger partial charge in [0.2, 0.25) is 0 Å². The van der Waals surface area contributed by atoms with E-state index in [1.165, 1.54) is 5.56 Å². The van der Waals surface area contributed by atoms with Gasteiger partial charge in [-0.3, -0.25) is 4.79 Å². The van der Waals surface area contributed by atoms with Gasteiger partial charge >= 0.3 is 5.97 Å². The first-order valence-corrected chi connectivity index (χ1v) is 11.5. The smallest absolute Gasteiger partial charge is 0.303 e. The molecule has 1 fully saturated rings. The fourth-order valence-corrected chi connectivity index (χ4v) is 5.09. The number of rotatable bonds is 8. The summed E-state index contributed by atoms with van der Waals surface area (Å²) in [7, 11) is 1.56. The molecule has 0 amide bonds. The van der Waals surface area contributed by atoms with E-state index >= 15 is 0 Å². The molecule has 180 valence electrons. The molecule has 2 aliphatic rings. The van der Waals surface area contributed by atoms with Crippen LogP contribution in [0, 0.1) is 0 Å². The van der Waals surface area contributed by atoms with Crippen LogP contribution in [0.25, 0.3) is 0 Å². The second-order valence-electron chi connectivity index (χ2n) is 8.40. The molecule has 1 spiro atoms. The number of carboxylic acid groups (broad SMARTS) is 1. The highest BCUT2D eigenvalue weighted by atomic mass is 35.5. The lowest BCUT2D eigenvalue weighted by Crippen LogP contribution is -2.43. The van der Waals surface area contributed by atoms with E-state index in [-0.39, 0.29) is 30.8 Å². The van der Waals surface area contributed by atoms with Crippen LogP contribution in [-0.4, -0.2) is 49.3 Å². The topological polar surface area (TPSA) is 68.2 Å². The number of piperidine rings is 1. The largest absolute Gasteiger partial charge is 0.495 e. The predicted molar refractivity (Wildman–Crippen MR) is 131 cm³/mol. The number of hydrogen-bond donors (Lipinski definition) is 1. The number of hydrogen-bond acceptors (Lipinski definition) is 5. The number of carbonyl (C=O) groups is 1. The average Bonchev–Trinajstić information content (AvgIpc) is 3.12. The Bertz CT molecular complexity index is 992. The summed E-state index contributed by atoms with van der Waals surface area (Å²) in [6, 6.07) is 9.48. The van der Waals surface area contributed by atoms with E-state index in [4.69, 9.17) is 42.5 Å². The molecule has 1 N–H and O–H groups in total. The number of benzene rings is 2. The first-order valence-electron chi connectivity index (χ1n) is 10.8. The van der Waals surface area contributed by atoms with Crippen molar-refractivity contribution in [3.8, 4) is 17.2 Å². The van der Waals surface area contributed by atoms with Gasteiger partial charge < -0.3 is 24.2 Å². The number of nitrogens with zero attached hydrogens (tertiary/aromatic N) is 1. The Kier molecular flexibility index (Phi) is 8.62. The van der Waals surface area contributed by atoms with E-state index in [0.717, 1.165) is 38.2 Å². The van der Waals surface area contributed by atoms with Crippen molar-refractivity contribution in [1.82, 2.24) is 4.90 Å². The summed E-state index contributed by atoms with van der Waals surface area (Å²) in [4.78, 5) is 13.1. The third kappa shape index (κ3) is 5.62. The van der Waals surface area contributed by atoms with Gasteiger partial charge in [0.25, 0.3) is 0 Å². The quantitative estimate of drug-likeness (QED) is 0.493. The molecule has 1 saturated heterocycles. The zero-order valence-electron chi connectivity index (χ0n) is 18.4. The number of carboxylic acids is 1. The van der Waals surface area contributed by atoms with Gasteiger partial charge in [0.05, 0.1) is 18.7 Å². The maximum absolute atomic E-state index is 10.7. The molecule has 33 heavy (non-hydrogen) atoms. The standard InChI is InChI=1S/C24H27Cl2NO5.ClH/c1-30-20-7-6-19(25)17(23(20)26)14-31-16-4-5-18-21(13-16)32-15-24(18)8-11-27(12-9-24)10-2-3-22(28)29;/h4-7,13H,2-3,8-12,14-15H2,1H3,(H,28,29);1H. The van der Waals surface area contributed by atoms with E-state index in [9.17, 15) is 4.79 Å². The van der Waals surface area contributed by atoms with Crippen LogP contribution >= 0.6 is 35.6 Å². The molecular formula is C24H28Cl3NO5. The highest BCUT2D eigenvalue weighted by Gasteiger charge is 2.43. The number of halogens is 3. The third-order valence-electron chi connectivity index (χ3n) is 6.46. The maximum Gasteiger partial charge on any atom is 0.303 e. The van der Waals surface area contributed by atoms with Crippen molar-refractivity contribution >= 4 is 41.6 Å². The molecule has 4 rings (SSSR count). The number of fused-ring (bicyclic) bond motifs is 2. The second kappa shape index (κ2) is 11.0. The fourth-order valence-electron chi connectivity index (χ4n) is 4.54. The Morgan fingerprint density at radius 3 is 2.67 bits per heavy atom. The minimum Gasteiger partial charge on any atom is -0.495 e. The zero-order chi connectivity index (χ0) is 22.7. The molecule has 0 radical (unpaired) electrons. The normalized spacial score (nSPS) is 16.6. The van der Waals surface area contributed by atoms with Gasteiger partial charge in [-0.05, 0) is 57.1 Å². The molecule has 0 aromatic heterocycles. The van der Waals surface area contributed by atoms with Gasteiger partial charge in [0.15, 0.2) is 0 Å². The van der Waals surface area contributed by atoms with Gasteiger partial charge in [-0.2, -0.15) is 0 Å². The number of likely N-dealkylation sites (tertiary alicyclic amines) is 1. The van der Waals surface area contributed by atoms with Crippen LogP contribution < -0.4 is 14.2 Å².